The summed E-state index contributed by atoms with van der Waals surface area (Å²) in [5.41, 5.74) is 1.28. The fourth-order valence-electron chi connectivity index (χ4n) is 1.91. The Morgan fingerprint density at radius 2 is 1.65 bits per heavy atom. The van der Waals surface area contributed by atoms with E-state index in [0.717, 1.165) is 4.47 Å². The molecule has 0 spiro atoms. The molecule has 0 saturated carbocycles. The molecule has 0 heterocycles. The summed E-state index contributed by atoms with van der Waals surface area (Å²) >= 11 is 3.35. The highest BCUT2D eigenvalue weighted by Crippen LogP contribution is 2.17. The van der Waals surface area contributed by atoms with Crippen molar-refractivity contribution in [2.45, 2.75) is 0 Å². The van der Waals surface area contributed by atoms with Crippen molar-refractivity contribution < 1.29 is 14.6 Å². The first-order valence-electron chi connectivity index (χ1n) is 7.20. The predicted octanol–water partition coefficient (Wildman–Crippen LogP) is 3.15. The Labute approximate surface area is 143 Å². The van der Waals surface area contributed by atoms with Gasteiger partial charge in [-0.1, -0.05) is 28.1 Å². The van der Waals surface area contributed by atoms with Crippen molar-refractivity contribution in [3.63, 3.8) is 0 Å². The van der Waals surface area contributed by atoms with Gasteiger partial charge in [-0.25, -0.2) is 0 Å². The molecule has 0 saturated heterocycles. The van der Waals surface area contributed by atoms with Gasteiger partial charge in [-0.05, 0) is 48.5 Å². The summed E-state index contributed by atoms with van der Waals surface area (Å²) in [6.45, 7) is 0.993. The molecule has 0 aromatic heterocycles. The average molecular weight is 376 g/mol. The van der Waals surface area contributed by atoms with Crippen LogP contribution in [0, 0.1) is 0 Å². The van der Waals surface area contributed by atoms with Gasteiger partial charge in [-0.3, -0.25) is 10.1 Å². The van der Waals surface area contributed by atoms with E-state index in [1.165, 1.54) is 0 Å². The maximum absolute atomic E-state index is 12.3. The normalized spacial score (nSPS) is 10.9. The third kappa shape index (κ3) is 5.63. The zero-order valence-corrected chi connectivity index (χ0v) is 14.1. The summed E-state index contributed by atoms with van der Waals surface area (Å²) in [6, 6.07) is 14.4. The summed E-state index contributed by atoms with van der Waals surface area (Å²) in [7, 11) is 0. The molecule has 0 radical (unpaired) electrons. The molecule has 23 heavy (non-hydrogen) atoms. The molecule has 2 rings (SSSR count). The van der Waals surface area contributed by atoms with Crippen LogP contribution in [-0.4, -0.2) is 30.8 Å². The minimum atomic E-state index is -0.0426. The van der Waals surface area contributed by atoms with E-state index in [2.05, 4.69) is 21.2 Å². The second kappa shape index (κ2) is 9.25. The molecule has 2 aromatic rings. The zero-order chi connectivity index (χ0) is 16.5. The minimum absolute atomic E-state index is 0.0148. The number of hydrogen-bond donors (Lipinski definition) is 2. The fourth-order valence-corrected chi connectivity index (χ4v) is 2.18. The van der Waals surface area contributed by atoms with E-state index in [-0.39, 0.29) is 12.5 Å². The molecule has 0 unspecified atom stereocenters. The third-order valence-electron chi connectivity index (χ3n) is 3.11. The second-order valence-electron chi connectivity index (χ2n) is 4.76. The van der Waals surface area contributed by atoms with Crippen LogP contribution in [0.25, 0.3) is 0 Å². The Morgan fingerprint density at radius 1 is 1.04 bits per heavy atom. The third-order valence-corrected chi connectivity index (χ3v) is 3.64. The summed E-state index contributed by atoms with van der Waals surface area (Å²) < 4.78 is 6.49. The van der Waals surface area contributed by atoms with Gasteiger partial charge in [0.15, 0.2) is 5.78 Å². The molecular formula is C18H18BrNO3. The number of aliphatic hydroxyl groups is 1. The number of aliphatic hydroxyl groups excluding tert-OH is 1. The Kier molecular flexibility index (Phi) is 7.00. The largest absolute Gasteiger partial charge is 0.490 e. The lowest BCUT2D eigenvalue weighted by molar-refractivity contribution is 0.103. The van der Waals surface area contributed by atoms with Gasteiger partial charge >= 0.3 is 0 Å². The van der Waals surface area contributed by atoms with Crippen molar-refractivity contribution >= 4 is 21.7 Å². The van der Waals surface area contributed by atoms with Gasteiger partial charge in [-0.15, -0.1) is 0 Å². The number of ketones is 1. The quantitative estimate of drug-likeness (QED) is 0.322. The standard InChI is InChI=1S/C18H18BrNO3/c19-16-7-3-14(4-8-16)18(22)15-5-9-17(10-6-15)23-12-2-1-11-20-13-21/h1-10,20-21H,11-13H2/b2-1+. The van der Waals surface area contributed by atoms with Crippen LogP contribution >= 0.6 is 15.9 Å². The average Bonchev–Trinajstić information content (AvgIpc) is 2.58. The number of benzene rings is 2. The number of carbonyl (C=O) groups is 1. The van der Waals surface area contributed by atoms with Crippen LogP contribution in [0.15, 0.2) is 65.2 Å². The lowest BCUT2D eigenvalue weighted by Gasteiger charge is -2.05. The van der Waals surface area contributed by atoms with Crippen LogP contribution in [-0.2, 0) is 0 Å². The van der Waals surface area contributed by atoms with E-state index < -0.39 is 0 Å². The van der Waals surface area contributed by atoms with Crippen LogP contribution < -0.4 is 10.1 Å². The first-order valence-corrected chi connectivity index (χ1v) is 7.99. The molecule has 120 valence electrons. The Morgan fingerprint density at radius 3 is 2.26 bits per heavy atom. The van der Waals surface area contributed by atoms with Crippen molar-refractivity contribution in [3.8, 4) is 5.75 Å². The monoisotopic (exact) mass is 375 g/mol. The van der Waals surface area contributed by atoms with Crippen molar-refractivity contribution in [1.29, 1.82) is 0 Å². The summed E-state index contributed by atoms with van der Waals surface area (Å²) in [5, 5.41) is 11.3. The molecular weight excluding hydrogens is 358 g/mol. The first-order chi connectivity index (χ1) is 11.2. The Hall–Kier alpha value is -1.95. The van der Waals surface area contributed by atoms with E-state index in [9.17, 15) is 4.79 Å². The molecule has 2 N–H and O–H groups in total. The number of nitrogens with one attached hydrogen (secondary N) is 1. The predicted molar refractivity (Wildman–Crippen MR) is 93.7 cm³/mol. The highest BCUT2D eigenvalue weighted by atomic mass is 79.9. The Bertz CT molecular complexity index is 651. The smallest absolute Gasteiger partial charge is 0.193 e. The number of rotatable bonds is 8. The number of hydrogen-bond acceptors (Lipinski definition) is 4. The van der Waals surface area contributed by atoms with Gasteiger partial charge in [0.05, 0.1) is 6.73 Å². The van der Waals surface area contributed by atoms with Crippen LogP contribution in [0.3, 0.4) is 0 Å². The molecule has 0 amide bonds. The molecule has 0 aliphatic carbocycles. The highest BCUT2D eigenvalue weighted by molar-refractivity contribution is 9.10. The molecule has 0 bridgehead atoms. The molecule has 0 fully saturated rings. The van der Waals surface area contributed by atoms with Crippen LogP contribution in [0.4, 0.5) is 0 Å². The molecule has 0 aliphatic heterocycles. The number of ether oxygens (including phenoxy) is 1. The van der Waals surface area contributed by atoms with Crippen molar-refractivity contribution in [1.82, 2.24) is 5.32 Å². The van der Waals surface area contributed by atoms with Crippen molar-refractivity contribution in [2.75, 3.05) is 19.9 Å². The van der Waals surface area contributed by atoms with Crippen LogP contribution in [0.2, 0.25) is 0 Å². The van der Waals surface area contributed by atoms with E-state index in [1.807, 2.05) is 24.3 Å². The van der Waals surface area contributed by atoms with Crippen LogP contribution in [0.1, 0.15) is 15.9 Å². The number of carbonyl (C=O) groups excluding carboxylic acids is 1. The summed E-state index contributed by atoms with van der Waals surface area (Å²) in [4.78, 5) is 12.3. The maximum Gasteiger partial charge on any atom is 0.193 e. The zero-order valence-electron chi connectivity index (χ0n) is 12.5. The molecule has 5 heteroatoms. The van der Waals surface area contributed by atoms with Crippen LogP contribution in [0.5, 0.6) is 5.75 Å². The molecule has 0 aliphatic rings. The van der Waals surface area contributed by atoms with Gasteiger partial charge in [0.2, 0.25) is 0 Å². The van der Waals surface area contributed by atoms with Crippen molar-refractivity contribution in [3.05, 3.63) is 76.3 Å². The fraction of sp³-hybridized carbons (Fsp3) is 0.167. The van der Waals surface area contributed by atoms with Gasteiger partial charge < -0.3 is 9.84 Å². The SMILES string of the molecule is O=C(c1ccc(Br)cc1)c1ccc(OC/C=C/CNCO)cc1. The van der Waals surface area contributed by atoms with Gasteiger partial charge in [0.25, 0.3) is 0 Å². The van der Waals surface area contributed by atoms with E-state index >= 15 is 0 Å². The van der Waals surface area contributed by atoms with Gasteiger partial charge in [0, 0.05) is 22.1 Å². The van der Waals surface area contributed by atoms with E-state index in [0.29, 0.717) is 30.0 Å². The lowest BCUT2D eigenvalue weighted by atomic mass is 10.0. The van der Waals surface area contributed by atoms with Crippen molar-refractivity contribution in [2.24, 2.45) is 0 Å². The topological polar surface area (TPSA) is 58.6 Å². The van der Waals surface area contributed by atoms with Gasteiger partial charge in [0.1, 0.15) is 12.4 Å². The first kappa shape index (κ1) is 17.4. The highest BCUT2D eigenvalue weighted by Gasteiger charge is 2.08. The maximum atomic E-state index is 12.3. The second-order valence-corrected chi connectivity index (χ2v) is 5.67. The lowest BCUT2D eigenvalue weighted by Crippen LogP contribution is -2.14. The molecule has 0 atom stereocenters. The minimum Gasteiger partial charge on any atom is -0.490 e. The van der Waals surface area contributed by atoms with Gasteiger partial charge in [-0.2, -0.15) is 0 Å². The summed E-state index contributed by atoms with van der Waals surface area (Å²) in [5.74, 6) is 0.691. The van der Waals surface area contributed by atoms with E-state index in [4.69, 9.17) is 9.84 Å². The summed E-state index contributed by atoms with van der Waals surface area (Å²) in [6.07, 6.45) is 3.74. The molecule has 4 nitrogen and oxygen atoms in total. The molecule has 2 aromatic carbocycles. The number of halogens is 1. The Balaban J connectivity index is 1.90. The van der Waals surface area contributed by atoms with E-state index in [1.54, 1.807) is 36.4 Å².